The van der Waals surface area contributed by atoms with Crippen molar-refractivity contribution in [2.75, 3.05) is 5.75 Å². The van der Waals surface area contributed by atoms with Gasteiger partial charge in [0.15, 0.2) is 0 Å². The highest BCUT2D eigenvalue weighted by molar-refractivity contribution is 8.00. The highest BCUT2D eigenvalue weighted by atomic mass is 35.5. The molecule has 5 nitrogen and oxygen atoms in total. The monoisotopic (exact) mass is 391 g/mol. The SMILES string of the molecule is CCc1cc2c(SCC(=O)NC(=O)c3ccc(Cl)cc3)ncnc2s1. The average Bonchev–Trinajstić information content (AvgIpc) is 3.04. The first-order chi connectivity index (χ1) is 12.1. The number of carbonyl (C=O) groups is 2. The van der Waals surface area contributed by atoms with Gasteiger partial charge in [0.25, 0.3) is 5.91 Å². The van der Waals surface area contributed by atoms with Crippen LogP contribution in [-0.4, -0.2) is 27.5 Å². The Bertz CT molecular complexity index is 925. The van der Waals surface area contributed by atoms with Crippen LogP contribution in [0.25, 0.3) is 10.2 Å². The molecule has 0 unspecified atom stereocenters. The van der Waals surface area contributed by atoms with Crippen molar-refractivity contribution < 1.29 is 9.59 Å². The molecule has 1 N–H and O–H groups in total. The fourth-order valence-corrected chi connectivity index (χ4v) is 4.04. The lowest BCUT2D eigenvalue weighted by atomic mass is 10.2. The van der Waals surface area contributed by atoms with Crippen LogP contribution in [-0.2, 0) is 11.2 Å². The summed E-state index contributed by atoms with van der Waals surface area (Å²) < 4.78 is 0. The zero-order valence-electron chi connectivity index (χ0n) is 13.3. The number of imide groups is 1. The van der Waals surface area contributed by atoms with E-state index in [-0.39, 0.29) is 11.7 Å². The number of benzene rings is 1. The van der Waals surface area contributed by atoms with E-state index >= 15 is 0 Å². The number of nitrogens with zero attached hydrogens (tertiary/aromatic N) is 2. The van der Waals surface area contributed by atoms with Crippen LogP contribution in [0.1, 0.15) is 22.2 Å². The Morgan fingerprint density at radius 1 is 1.24 bits per heavy atom. The highest BCUT2D eigenvalue weighted by Crippen LogP contribution is 2.30. The van der Waals surface area contributed by atoms with Gasteiger partial charge in [0.2, 0.25) is 5.91 Å². The van der Waals surface area contributed by atoms with Gasteiger partial charge >= 0.3 is 0 Å². The fourth-order valence-electron chi connectivity index (χ4n) is 2.14. The lowest BCUT2D eigenvalue weighted by Gasteiger charge is -2.04. The molecule has 0 saturated carbocycles. The summed E-state index contributed by atoms with van der Waals surface area (Å²) in [5.74, 6) is -0.718. The molecule has 0 aliphatic rings. The quantitative estimate of drug-likeness (QED) is 0.526. The summed E-state index contributed by atoms with van der Waals surface area (Å²) >= 11 is 8.70. The Kier molecular flexibility index (Phi) is 5.67. The molecular formula is C17H14ClN3O2S2. The fraction of sp³-hybridized carbons (Fsp3) is 0.176. The van der Waals surface area contributed by atoms with Crippen LogP contribution < -0.4 is 5.32 Å². The maximum absolute atomic E-state index is 12.0. The van der Waals surface area contributed by atoms with Crippen LogP contribution >= 0.6 is 34.7 Å². The Morgan fingerprint density at radius 3 is 2.72 bits per heavy atom. The van der Waals surface area contributed by atoms with E-state index in [1.165, 1.54) is 23.0 Å². The van der Waals surface area contributed by atoms with Gasteiger partial charge in [0.05, 0.1) is 5.75 Å². The summed E-state index contributed by atoms with van der Waals surface area (Å²) in [5, 5.41) is 4.60. The summed E-state index contributed by atoms with van der Waals surface area (Å²) in [6.07, 6.45) is 2.43. The maximum atomic E-state index is 12.0. The molecule has 3 rings (SSSR count). The number of hydrogen-bond donors (Lipinski definition) is 1. The number of hydrogen-bond acceptors (Lipinski definition) is 6. The van der Waals surface area contributed by atoms with E-state index in [1.807, 2.05) is 0 Å². The number of amides is 2. The molecular weight excluding hydrogens is 378 g/mol. The van der Waals surface area contributed by atoms with Crippen molar-refractivity contribution in [1.29, 1.82) is 0 Å². The Morgan fingerprint density at radius 2 is 2.00 bits per heavy atom. The van der Waals surface area contributed by atoms with Gasteiger partial charge in [-0.3, -0.25) is 14.9 Å². The van der Waals surface area contributed by atoms with Gasteiger partial charge in [0, 0.05) is 20.8 Å². The highest BCUT2D eigenvalue weighted by Gasteiger charge is 2.13. The van der Waals surface area contributed by atoms with Crippen molar-refractivity contribution in [2.45, 2.75) is 18.4 Å². The van der Waals surface area contributed by atoms with E-state index < -0.39 is 5.91 Å². The average molecular weight is 392 g/mol. The molecule has 0 spiro atoms. The molecule has 0 radical (unpaired) electrons. The molecule has 0 fully saturated rings. The number of aryl methyl sites for hydroxylation is 1. The molecule has 0 atom stereocenters. The van der Waals surface area contributed by atoms with Gasteiger partial charge in [0.1, 0.15) is 16.2 Å². The van der Waals surface area contributed by atoms with Crippen LogP contribution in [0.3, 0.4) is 0 Å². The second kappa shape index (κ2) is 7.95. The predicted octanol–water partition coefficient (Wildman–Crippen LogP) is 3.96. The summed E-state index contributed by atoms with van der Waals surface area (Å²) in [6.45, 7) is 2.08. The number of halogens is 1. The van der Waals surface area contributed by atoms with Crippen molar-refractivity contribution >= 4 is 56.7 Å². The molecule has 25 heavy (non-hydrogen) atoms. The molecule has 0 bridgehead atoms. The number of fused-ring (bicyclic) bond motifs is 1. The molecule has 0 aliphatic carbocycles. The minimum Gasteiger partial charge on any atom is -0.292 e. The molecule has 2 heterocycles. The van der Waals surface area contributed by atoms with Gasteiger partial charge in [-0.2, -0.15) is 0 Å². The minimum absolute atomic E-state index is 0.0999. The van der Waals surface area contributed by atoms with Crippen LogP contribution in [0, 0.1) is 0 Å². The van der Waals surface area contributed by atoms with Crippen molar-refractivity contribution in [3.8, 4) is 0 Å². The zero-order chi connectivity index (χ0) is 17.8. The third-order valence-electron chi connectivity index (χ3n) is 3.39. The third kappa shape index (κ3) is 4.36. The van der Waals surface area contributed by atoms with E-state index in [4.69, 9.17) is 11.6 Å². The molecule has 0 aliphatic heterocycles. The third-order valence-corrected chi connectivity index (χ3v) is 5.84. The van der Waals surface area contributed by atoms with Gasteiger partial charge in [-0.15, -0.1) is 11.3 Å². The Balaban J connectivity index is 1.63. The minimum atomic E-state index is -0.445. The topological polar surface area (TPSA) is 72.0 Å². The summed E-state index contributed by atoms with van der Waals surface area (Å²) in [5.41, 5.74) is 0.387. The number of thiophene rings is 1. The molecule has 8 heteroatoms. The van der Waals surface area contributed by atoms with Crippen LogP contribution in [0.5, 0.6) is 0 Å². The lowest BCUT2D eigenvalue weighted by molar-refractivity contribution is -0.117. The zero-order valence-corrected chi connectivity index (χ0v) is 15.7. The Labute approximate surface area is 157 Å². The predicted molar refractivity (Wildman–Crippen MR) is 101 cm³/mol. The summed E-state index contributed by atoms with van der Waals surface area (Å²) in [4.78, 5) is 34.7. The van der Waals surface area contributed by atoms with E-state index in [0.717, 1.165) is 21.7 Å². The maximum Gasteiger partial charge on any atom is 0.257 e. The Hall–Kier alpha value is -1.96. The van der Waals surface area contributed by atoms with Crippen molar-refractivity contribution in [3.05, 3.63) is 52.1 Å². The number of rotatable bonds is 5. The molecule has 0 saturated heterocycles. The first-order valence-corrected chi connectivity index (χ1v) is 9.70. The number of aromatic nitrogens is 2. The summed E-state index contributed by atoms with van der Waals surface area (Å²) in [7, 11) is 0. The lowest BCUT2D eigenvalue weighted by Crippen LogP contribution is -2.31. The number of thioether (sulfide) groups is 1. The van der Waals surface area contributed by atoms with Crippen molar-refractivity contribution in [3.63, 3.8) is 0 Å². The van der Waals surface area contributed by atoms with E-state index in [2.05, 4.69) is 28.3 Å². The smallest absolute Gasteiger partial charge is 0.257 e. The van der Waals surface area contributed by atoms with Crippen molar-refractivity contribution in [1.82, 2.24) is 15.3 Å². The molecule has 128 valence electrons. The summed E-state index contributed by atoms with van der Waals surface area (Å²) in [6, 6.07) is 8.41. The van der Waals surface area contributed by atoms with Crippen molar-refractivity contribution in [2.24, 2.45) is 0 Å². The van der Waals surface area contributed by atoms with E-state index in [9.17, 15) is 9.59 Å². The normalized spacial score (nSPS) is 10.8. The number of carbonyl (C=O) groups excluding carboxylic acids is 2. The van der Waals surface area contributed by atoms with E-state index in [1.54, 1.807) is 35.6 Å². The van der Waals surface area contributed by atoms with Crippen LogP contribution in [0.15, 0.2) is 41.7 Å². The van der Waals surface area contributed by atoms with Gasteiger partial charge < -0.3 is 0 Å². The molecule has 3 aromatic rings. The first kappa shape index (κ1) is 17.8. The first-order valence-electron chi connectivity index (χ1n) is 7.52. The number of nitrogens with one attached hydrogen (secondary N) is 1. The van der Waals surface area contributed by atoms with Gasteiger partial charge in [-0.05, 0) is 36.8 Å². The standard InChI is InChI=1S/C17H14ClN3O2S2/c1-2-12-7-13-16(19-9-20-17(13)25-12)24-8-14(22)21-15(23)10-3-5-11(18)6-4-10/h3-7,9H,2,8H2,1H3,(H,21,22,23). The molecule has 2 aromatic heterocycles. The van der Waals surface area contributed by atoms with Crippen LogP contribution in [0.4, 0.5) is 0 Å². The second-order valence-corrected chi connectivity index (χ2v) is 7.65. The van der Waals surface area contributed by atoms with Gasteiger partial charge in [-0.25, -0.2) is 9.97 Å². The van der Waals surface area contributed by atoms with Gasteiger partial charge in [-0.1, -0.05) is 30.3 Å². The molecule has 2 amide bonds. The second-order valence-electron chi connectivity index (χ2n) is 5.14. The van der Waals surface area contributed by atoms with Crippen LogP contribution in [0.2, 0.25) is 5.02 Å². The van der Waals surface area contributed by atoms with E-state index in [0.29, 0.717) is 10.6 Å². The molecule has 1 aromatic carbocycles. The largest absolute Gasteiger partial charge is 0.292 e.